The quantitative estimate of drug-likeness (QED) is 0.622. The summed E-state index contributed by atoms with van der Waals surface area (Å²) in [6, 6.07) is 7.62. The maximum Gasteiger partial charge on any atom is 0.416 e. The second kappa shape index (κ2) is 8.73. The number of hydrogen-bond donors (Lipinski definition) is 1. The highest BCUT2D eigenvalue weighted by atomic mass is 32.2. The predicted octanol–water partition coefficient (Wildman–Crippen LogP) is 5.16. The molecule has 27 heavy (non-hydrogen) atoms. The van der Waals surface area contributed by atoms with Crippen molar-refractivity contribution in [1.82, 2.24) is 4.98 Å². The minimum atomic E-state index is -4.50. The molecule has 1 N–H and O–H groups in total. The lowest BCUT2D eigenvalue weighted by Crippen LogP contribution is -2.10. The van der Waals surface area contributed by atoms with E-state index < -0.39 is 21.6 Å². The predicted molar refractivity (Wildman–Crippen MR) is 100 cm³/mol. The Labute approximate surface area is 157 Å². The van der Waals surface area contributed by atoms with E-state index in [1.165, 1.54) is 24.3 Å². The van der Waals surface area contributed by atoms with E-state index in [1.807, 2.05) is 0 Å². The molecule has 148 valence electrons. The number of anilines is 1. The first-order valence-corrected chi connectivity index (χ1v) is 10.6. The van der Waals surface area contributed by atoms with E-state index in [2.05, 4.69) is 17.2 Å². The van der Waals surface area contributed by atoms with Gasteiger partial charge >= 0.3 is 6.18 Å². The number of benzene rings is 1. The number of nitrogens with zero attached hydrogens (tertiary/aromatic N) is 1. The first-order chi connectivity index (χ1) is 12.6. The van der Waals surface area contributed by atoms with E-state index >= 15 is 0 Å². The number of aromatic nitrogens is 1. The summed E-state index contributed by atoms with van der Waals surface area (Å²) in [6.07, 6.45) is 0.589. The third kappa shape index (κ3) is 6.23. The van der Waals surface area contributed by atoms with Crippen molar-refractivity contribution in [2.75, 3.05) is 18.1 Å². The Hall–Kier alpha value is -2.09. The molecule has 0 amide bonds. The van der Waals surface area contributed by atoms with E-state index in [0.29, 0.717) is 12.1 Å². The van der Waals surface area contributed by atoms with Gasteiger partial charge in [0.05, 0.1) is 16.2 Å². The number of rotatable bonds is 8. The highest BCUT2D eigenvalue weighted by molar-refractivity contribution is 7.90. The van der Waals surface area contributed by atoms with Gasteiger partial charge in [-0.25, -0.2) is 13.4 Å². The van der Waals surface area contributed by atoms with Crippen LogP contribution in [0.5, 0.6) is 0 Å². The topological polar surface area (TPSA) is 59.1 Å². The molecule has 0 aliphatic heterocycles. The molecule has 8 heteroatoms. The standard InChI is InChI=1S/C19H23F3N2O2S/c1-3-4-5-6-11-23-18-13-15(19(20,21)22)12-17(24-18)14-7-9-16(10-8-14)27(2,25)26/h7-10,12-13H,3-6,11H2,1-2H3,(H,23,24). The molecule has 0 atom stereocenters. The molecule has 0 spiro atoms. The first-order valence-electron chi connectivity index (χ1n) is 8.75. The molecule has 4 nitrogen and oxygen atoms in total. The van der Waals surface area contributed by atoms with Gasteiger partial charge < -0.3 is 5.32 Å². The smallest absolute Gasteiger partial charge is 0.370 e. The van der Waals surface area contributed by atoms with Gasteiger partial charge in [-0.2, -0.15) is 13.2 Å². The second-order valence-corrected chi connectivity index (χ2v) is 8.42. The van der Waals surface area contributed by atoms with Crippen LogP contribution in [0.15, 0.2) is 41.3 Å². The second-order valence-electron chi connectivity index (χ2n) is 6.41. The Bertz CT molecular complexity index is 864. The normalized spacial score (nSPS) is 12.2. The molecular formula is C19H23F3N2O2S. The zero-order valence-corrected chi connectivity index (χ0v) is 16.1. The van der Waals surface area contributed by atoms with Crippen LogP contribution in [-0.4, -0.2) is 26.2 Å². The third-order valence-corrected chi connectivity index (χ3v) is 5.20. The van der Waals surface area contributed by atoms with Crippen molar-refractivity contribution < 1.29 is 21.6 Å². The fraction of sp³-hybridized carbons (Fsp3) is 0.421. The molecular weight excluding hydrogens is 377 g/mol. The third-order valence-electron chi connectivity index (χ3n) is 4.07. The van der Waals surface area contributed by atoms with Crippen molar-refractivity contribution in [3.8, 4) is 11.3 Å². The van der Waals surface area contributed by atoms with Crippen LogP contribution in [0.3, 0.4) is 0 Å². The van der Waals surface area contributed by atoms with Crippen LogP contribution in [0.2, 0.25) is 0 Å². The summed E-state index contributed by atoms with van der Waals surface area (Å²) in [6.45, 7) is 2.63. The number of halogens is 3. The molecule has 0 unspecified atom stereocenters. The summed E-state index contributed by atoms with van der Waals surface area (Å²) in [7, 11) is -3.37. The van der Waals surface area contributed by atoms with E-state index in [4.69, 9.17) is 0 Å². The van der Waals surface area contributed by atoms with Crippen molar-refractivity contribution in [1.29, 1.82) is 0 Å². The van der Waals surface area contributed by atoms with Crippen LogP contribution in [0, 0.1) is 0 Å². The average molecular weight is 400 g/mol. The van der Waals surface area contributed by atoms with E-state index in [0.717, 1.165) is 44.1 Å². The zero-order chi connectivity index (χ0) is 20.1. The highest BCUT2D eigenvalue weighted by Crippen LogP contribution is 2.33. The molecule has 0 radical (unpaired) electrons. The van der Waals surface area contributed by atoms with Crippen LogP contribution in [0.4, 0.5) is 19.0 Å². The van der Waals surface area contributed by atoms with Gasteiger partial charge in [0.2, 0.25) is 0 Å². The van der Waals surface area contributed by atoms with E-state index in [-0.39, 0.29) is 16.4 Å². The molecule has 1 aromatic heterocycles. The average Bonchev–Trinajstić information content (AvgIpc) is 2.60. The highest BCUT2D eigenvalue weighted by Gasteiger charge is 2.31. The Kier molecular flexibility index (Phi) is 6.86. The number of alkyl halides is 3. The van der Waals surface area contributed by atoms with Crippen molar-refractivity contribution in [2.24, 2.45) is 0 Å². The lowest BCUT2D eigenvalue weighted by molar-refractivity contribution is -0.137. The van der Waals surface area contributed by atoms with Crippen LogP contribution in [0.1, 0.15) is 38.2 Å². The molecule has 1 aromatic carbocycles. The van der Waals surface area contributed by atoms with Crippen LogP contribution >= 0.6 is 0 Å². The Morgan fingerprint density at radius 1 is 1.04 bits per heavy atom. The summed E-state index contributed by atoms with van der Waals surface area (Å²) in [5.74, 6) is 0.156. The maximum absolute atomic E-state index is 13.2. The number of unbranched alkanes of at least 4 members (excludes halogenated alkanes) is 3. The monoisotopic (exact) mass is 400 g/mol. The van der Waals surface area contributed by atoms with Gasteiger partial charge in [0, 0.05) is 18.4 Å². The maximum atomic E-state index is 13.2. The molecule has 0 fully saturated rings. The van der Waals surface area contributed by atoms with Gasteiger partial charge in [0.15, 0.2) is 9.84 Å². The molecule has 2 aromatic rings. The van der Waals surface area contributed by atoms with Crippen LogP contribution < -0.4 is 5.32 Å². The van der Waals surface area contributed by atoms with Gasteiger partial charge in [-0.3, -0.25) is 0 Å². The van der Waals surface area contributed by atoms with Crippen molar-refractivity contribution in [3.05, 3.63) is 42.0 Å². The number of nitrogens with one attached hydrogen (secondary N) is 1. The zero-order valence-electron chi connectivity index (χ0n) is 15.3. The fourth-order valence-corrected chi connectivity index (χ4v) is 3.20. The molecule has 0 saturated heterocycles. The van der Waals surface area contributed by atoms with Crippen LogP contribution in [0.25, 0.3) is 11.3 Å². The molecule has 0 aliphatic carbocycles. The first kappa shape index (κ1) is 21.2. The fourth-order valence-electron chi connectivity index (χ4n) is 2.57. The minimum absolute atomic E-state index is 0.104. The summed E-state index contributed by atoms with van der Waals surface area (Å²) in [4.78, 5) is 4.37. The lowest BCUT2D eigenvalue weighted by atomic mass is 10.1. The summed E-state index contributed by atoms with van der Waals surface area (Å²) in [5.41, 5.74) is -0.237. The largest absolute Gasteiger partial charge is 0.416 e. The lowest BCUT2D eigenvalue weighted by Gasteiger charge is -2.13. The summed E-state index contributed by atoms with van der Waals surface area (Å²) in [5, 5.41) is 2.95. The van der Waals surface area contributed by atoms with E-state index in [1.54, 1.807) is 0 Å². The van der Waals surface area contributed by atoms with Gasteiger partial charge in [-0.15, -0.1) is 0 Å². The number of pyridine rings is 1. The SMILES string of the molecule is CCCCCCNc1cc(C(F)(F)F)cc(-c2ccc(S(C)(=O)=O)cc2)n1. The minimum Gasteiger partial charge on any atom is -0.370 e. The number of sulfone groups is 1. The Morgan fingerprint density at radius 3 is 2.26 bits per heavy atom. The van der Waals surface area contributed by atoms with Crippen molar-refractivity contribution in [3.63, 3.8) is 0 Å². The number of hydrogen-bond acceptors (Lipinski definition) is 4. The van der Waals surface area contributed by atoms with E-state index in [9.17, 15) is 21.6 Å². The summed E-state index contributed by atoms with van der Waals surface area (Å²) >= 11 is 0. The van der Waals surface area contributed by atoms with Gasteiger partial charge in [-0.1, -0.05) is 38.3 Å². The van der Waals surface area contributed by atoms with Gasteiger partial charge in [-0.05, 0) is 30.7 Å². The van der Waals surface area contributed by atoms with Gasteiger partial charge in [0.1, 0.15) is 5.82 Å². The van der Waals surface area contributed by atoms with Gasteiger partial charge in [0.25, 0.3) is 0 Å². The van der Waals surface area contributed by atoms with Crippen LogP contribution in [-0.2, 0) is 16.0 Å². The molecule has 0 bridgehead atoms. The molecule has 2 rings (SSSR count). The van der Waals surface area contributed by atoms with Crippen molar-refractivity contribution in [2.45, 2.75) is 43.7 Å². The van der Waals surface area contributed by atoms with Crippen molar-refractivity contribution >= 4 is 15.7 Å². The Balaban J connectivity index is 2.30. The summed E-state index contributed by atoms with van der Waals surface area (Å²) < 4.78 is 62.8. The molecule has 0 aliphatic rings. The molecule has 0 saturated carbocycles. The Morgan fingerprint density at radius 2 is 1.70 bits per heavy atom. The molecule has 1 heterocycles.